The molecule has 0 bridgehead atoms. The highest BCUT2D eigenvalue weighted by Gasteiger charge is 2.36. The van der Waals surface area contributed by atoms with Gasteiger partial charge < -0.3 is 9.47 Å². The zero-order chi connectivity index (χ0) is 26.5. The minimum atomic E-state index is -0.780. The van der Waals surface area contributed by atoms with Crippen molar-refractivity contribution < 1.29 is 23.9 Å². The van der Waals surface area contributed by atoms with Gasteiger partial charge in [0, 0.05) is 4.47 Å². The molecule has 1 aliphatic rings. The number of halogens is 2. The summed E-state index contributed by atoms with van der Waals surface area (Å²) in [5.41, 5.74) is 2.87. The molecule has 1 N–H and O–H groups in total. The van der Waals surface area contributed by atoms with Gasteiger partial charge in [-0.1, -0.05) is 47.1 Å². The highest BCUT2D eigenvalue weighted by Crippen LogP contribution is 2.36. The SMILES string of the molecule is CCOc1cc(/C=C2/C(=O)NC(=O)N(c3ccc(CC)cc3)C2=O)cc(I)c1OCc1ccc(Br)cc1. The van der Waals surface area contributed by atoms with Gasteiger partial charge in [-0.25, -0.2) is 9.69 Å². The molecule has 1 fully saturated rings. The maximum Gasteiger partial charge on any atom is 0.335 e. The Morgan fingerprint density at radius 2 is 1.62 bits per heavy atom. The predicted octanol–water partition coefficient (Wildman–Crippen LogP) is 6.26. The number of aryl methyl sites for hydroxylation is 1. The van der Waals surface area contributed by atoms with E-state index in [1.54, 1.807) is 24.3 Å². The van der Waals surface area contributed by atoms with Gasteiger partial charge in [-0.2, -0.15) is 0 Å². The average Bonchev–Trinajstić information content (AvgIpc) is 2.87. The Kier molecular flexibility index (Phi) is 8.65. The van der Waals surface area contributed by atoms with Crippen molar-refractivity contribution in [1.82, 2.24) is 5.32 Å². The maximum atomic E-state index is 13.3. The molecule has 0 saturated carbocycles. The number of nitrogens with one attached hydrogen (secondary N) is 1. The first-order valence-corrected chi connectivity index (χ1v) is 13.5. The molecule has 37 heavy (non-hydrogen) atoms. The number of carbonyl (C=O) groups excluding carboxylic acids is 3. The molecule has 1 heterocycles. The van der Waals surface area contributed by atoms with Gasteiger partial charge in [-0.3, -0.25) is 14.9 Å². The molecule has 0 radical (unpaired) electrons. The van der Waals surface area contributed by atoms with Crippen LogP contribution in [0.5, 0.6) is 11.5 Å². The summed E-state index contributed by atoms with van der Waals surface area (Å²) in [7, 11) is 0. The van der Waals surface area contributed by atoms with Crippen LogP contribution in [-0.4, -0.2) is 24.5 Å². The molecule has 0 aromatic heterocycles. The Labute approximate surface area is 237 Å². The van der Waals surface area contributed by atoms with Crippen LogP contribution in [0.2, 0.25) is 0 Å². The summed E-state index contributed by atoms with van der Waals surface area (Å²) in [6.45, 7) is 4.63. The monoisotopic (exact) mass is 674 g/mol. The quantitative estimate of drug-likeness (QED) is 0.173. The number of imide groups is 2. The molecular weight excluding hydrogens is 651 g/mol. The van der Waals surface area contributed by atoms with E-state index in [-0.39, 0.29) is 5.57 Å². The predicted molar refractivity (Wildman–Crippen MR) is 154 cm³/mol. The number of anilines is 1. The zero-order valence-corrected chi connectivity index (χ0v) is 24.0. The van der Waals surface area contributed by atoms with Crippen molar-refractivity contribution in [2.24, 2.45) is 0 Å². The van der Waals surface area contributed by atoms with Gasteiger partial charge in [0.2, 0.25) is 0 Å². The third-order valence-electron chi connectivity index (χ3n) is 5.64. The molecular formula is C28H24BrIN2O5. The third kappa shape index (κ3) is 6.22. The van der Waals surface area contributed by atoms with Gasteiger partial charge in [0.1, 0.15) is 12.2 Å². The zero-order valence-electron chi connectivity index (χ0n) is 20.2. The van der Waals surface area contributed by atoms with Crippen LogP contribution in [0.4, 0.5) is 10.5 Å². The van der Waals surface area contributed by atoms with Crippen LogP contribution < -0.4 is 19.7 Å². The summed E-state index contributed by atoms with van der Waals surface area (Å²) in [6.07, 6.45) is 2.29. The van der Waals surface area contributed by atoms with Crippen molar-refractivity contribution in [3.63, 3.8) is 0 Å². The Hall–Kier alpha value is -3.18. The first kappa shape index (κ1) is 26.9. The van der Waals surface area contributed by atoms with Crippen molar-refractivity contribution >= 4 is 68.1 Å². The van der Waals surface area contributed by atoms with E-state index in [0.717, 1.165) is 30.5 Å². The van der Waals surface area contributed by atoms with E-state index in [1.807, 2.05) is 50.2 Å². The molecule has 0 unspecified atom stereocenters. The van der Waals surface area contributed by atoms with Crippen LogP contribution in [0.1, 0.15) is 30.5 Å². The highest BCUT2D eigenvalue weighted by molar-refractivity contribution is 14.1. The second-order valence-electron chi connectivity index (χ2n) is 8.16. The molecule has 7 nitrogen and oxygen atoms in total. The first-order chi connectivity index (χ1) is 17.8. The molecule has 0 atom stereocenters. The lowest BCUT2D eigenvalue weighted by Gasteiger charge is -2.26. The maximum absolute atomic E-state index is 13.3. The fourth-order valence-electron chi connectivity index (χ4n) is 3.75. The summed E-state index contributed by atoms with van der Waals surface area (Å²) in [5.74, 6) is -0.383. The van der Waals surface area contributed by atoms with E-state index in [4.69, 9.17) is 9.47 Å². The van der Waals surface area contributed by atoms with Crippen molar-refractivity contribution in [3.8, 4) is 11.5 Å². The Balaban J connectivity index is 1.64. The number of hydrogen-bond donors (Lipinski definition) is 1. The van der Waals surface area contributed by atoms with Gasteiger partial charge in [0.15, 0.2) is 11.5 Å². The molecule has 4 rings (SSSR count). The second kappa shape index (κ2) is 11.9. The largest absolute Gasteiger partial charge is 0.490 e. The average molecular weight is 675 g/mol. The lowest BCUT2D eigenvalue weighted by Crippen LogP contribution is -2.54. The third-order valence-corrected chi connectivity index (χ3v) is 6.97. The number of ether oxygens (including phenoxy) is 2. The molecule has 4 amide bonds. The second-order valence-corrected chi connectivity index (χ2v) is 10.2. The van der Waals surface area contributed by atoms with E-state index >= 15 is 0 Å². The Bertz CT molecular complexity index is 1370. The van der Waals surface area contributed by atoms with Crippen LogP contribution in [0.3, 0.4) is 0 Å². The van der Waals surface area contributed by atoms with Gasteiger partial charge in [0.25, 0.3) is 11.8 Å². The molecule has 3 aromatic rings. The summed E-state index contributed by atoms with van der Waals surface area (Å²) >= 11 is 5.56. The number of nitrogens with zero attached hydrogens (tertiary/aromatic N) is 1. The summed E-state index contributed by atoms with van der Waals surface area (Å²) in [4.78, 5) is 39.4. The standard InChI is InChI=1S/C28H24BrIN2O5/c1-3-17-7-11-21(12-8-17)32-27(34)22(26(33)31-28(32)35)13-19-14-23(30)25(24(15-19)36-4-2)37-16-18-5-9-20(29)10-6-18/h5-15H,3-4,16H2,1-2H3,(H,31,33,35)/b22-13-. The fourth-order valence-corrected chi connectivity index (χ4v) is 4.80. The number of benzene rings is 3. The summed E-state index contributed by atoms with van der Waals surface area (Å²) in [6, 6.07) is 17.6. The smallest absolute Gasteiger partial charge is 0.335 e. The van der Waals surface area contributed by atoms with Crippen molar-refractivity contribution in [2.45, 2.75) is 26.9 Å². The number of carbonyl (C=O) groups is 3. The van der Waals surface area contributed by atoms with Crippen LogP contribution >= 0.6 is 38.5 Å². The number of barbiturate groups is 1. The molecule has 190 valence electrons. The van der Waals surface area contributed by atoms with E-state index in [0.29, 0.717) is 36.0 Å². The lowest BCUT2D eigenvalue weighted by molar-refractivity contribution is -0.122. The Morgan fingerprint density at radius 1 is 0.946 bits per heavy atom. The number of hydrogen-bond acceptors (Lipinski definition) is 5. The highest BCUT2D eigenvalue weighted by atomic mass is 127. The van der Waals surface area contributed by atoms with Crippen molar-refractivity contribution in [2.75, 3.05) is 11.5 Å². The van der Waals surface area contributed by atoms with Gasteiger partial charge in [0.05, 0.1) is 15.9 Å². The molecule has 1 saturated heterocycles. The molecule has 1 aliphatic heterocycles. The van der Waals surface area contributed by atoms with E-state index in [1.165, 1.54) is 6.08 Å². The van der Waals surface area contributed by atoms with Crippen molar-refractivity contribution in [3.05, 3.63) is 91.0 Å². The summed E-state index contributed by atoms with van der Waals surface area (Å²) < 4.78 is 13.6. The minimum absolute atomic E-state index is 0.152. The molecule has 0 aliphatic carbocycles. The first-order valence-electron chi connectivity index (χ1n) is 11.6. The van der Waals surface area contributed by atoms with Crippen LogP contribution in [-0.2, 0) is 22.6 Å². The summed E-state index contributed by atoms with van der Waals surface area (Å²) in [5, 5.41) is 2.26. The van der Waals surface area contributed by atoms with Gasteiger partial charge in [-0.05, 0) is 95.1 Å². The van der Waals surface area contributed by atoms with Gasteiger partial charge in [-0.15, -0.1) is 0 Å². The topological polar surface area (TPSA) is 84.9 Å². The van der Waals surface area contributed by atoms with Crippen LogP contribution in [0, 0.1) is 3.57 Å². The number of urea groups is 1. The van der Waals surface area contributed by atoms with Gasteiger partial charge >= 0.3 is 6.03 Å². The number of amides is 4. The van der Waals surface area contributed by atoms with E-state index in [9.17, 15) is 14.4 Å². The van der Waals surface area contributed by atoms with E-state index < -0.39 is 17.8 Å². The van der Waals surface area contributed by atoms with Crippen molar-refractivity contribution in [1.29, 1.82) is 0 Å². The van der Waals surface area contributed by atoms with E-state index in [2.05, 4.69) is 43.8 Å². The lowest BCUT2D eigenvalue weighted by atomic mass is 10.1. The Morgan fingerprint density at radius 3 is 2.27 bits per heavy atom. The fraction of sp³-hybridized carbons (Fsp3) is 0.179. The molecule has 0 spiro atoms. The minimum Gasteiger partial charge on any atom is -0.490 e. The molecule has 9 heteroatoms. The van der Waals surface area contributed by atoms with Crippen LogP contribution in [0.15, 0.2) is 70.7 Å². The van der Waals surface area contributed by atoms with Crippen LogP contribution in [0.25, 0.3) is 6.08 Å². The number of rotatable bonds is 8. The normalized spacial score (nSPS) is 14.6. The molecule has 3 aromatic carbocycles.